The highest BCUT2D eigenvalue weighted by Gasteiger charge is 2.12. The summed E-state index contributed by atoms with van der Waals surface area (Å²) >= 11 is 19.1. The molecule has 0 aliphatic rings. The van der Waals surface area contributed by atoms with Crippen molar-refractivity contribution in [3.05, 3.63) is 48.6 Å². The molecule has 0 unspecified atom stereocenters. The number of carbonyl (C=O) groups is 1. The fourth-order valence-electron chi connectivity index (χ4n) is 1.65. The van der Waals surface area contributed by atoms with E-state index in [-0.39, 0.29) is 0 Å². The van der Waals surface area contributed by atoms with Crippen molar-refractivity contribution in [1.82, 2.24) is 0 Å². The molecule has 0 saturated carbocycles. The van der Waals surface area contributed by atoms with Crippen LogP contribution in [0.15, 0.2) is 18.2 Å². The molecule has 0 atom stereocenters. The number of aromatic carboxylic acids is 1. The van der Waals surface area contributed by atoms with Crippen LogP contribution in [0, 0.1) is 6.92 Å². The van der Waals surface area contributed by atoms with E-state index in [1.165, 1.54) is 11.3 Å². The summed E-state index contributed by atoms with van der Waals surface area (Å²) in [6.45, 7) is 2.35. The number of rotatable bonds is 4. The van der Waals surface area contributed by atoms with Gasteiger partial charge in [-0.2, -0.15) is 0 Å². The SMILES string of the molecule is Cc1sc(C(=O)O)cc1CNc1cc(Cl)c(Cl)cc1Cl. The zero-order valence-electron chi connectivity index (χ0n) is 10.3. The Morgan fingerprint density at radius 3 is 2.45 bits per heavy atom. The van der Waals surface area contributed by atoms with E-state index >= 15 is 0 Å². The monoisotopic (exact) mass is 349 g/mol. The van der Waals surface area contributed by atoms with E-state index in [1.807, 2.05) is 6.92 Å². The smallest absolute Gasteiger partial charge is 0.345 e. The Hall–Kier alpha value is -0.940. The molecule has 0 aliphatic heterocycles. The van der Waals surface area contributed by atoms with Gasteiger partial charge in [-0.25, -0.2) is 4.79 Å². The van der Waals surface area contributed by atoms with Gasteiger partial charge < -0.3 is 10.4 Å². The molecular weight excluding hydrogens is 341 g/mol. The molecule has 0 radical (unpaired) electrons. The van der Waals surface area contributed by atoms with Gasteiger partial charge in [0, 0.05) is 11.4 Å². The molecule has 20 heavy (non-hydrogen) atoms. The number of carboxylic acids is 1. The second-order valence-corrected chi connectivity index (χ2v) is 6.57. The minimum Gasteiger partial charge on any atom is -0.477 e. The van der Waals surface area contributed by atoms with Crippen molar-refractivity contribution in [1.29, 1.82) is 0 Å². The van der Waals surface area contributed by atoms with Crippen LogP contribution < -0.4 is 5.32 Å². The maximum absolute atomic E-state index is 10.9. The zero-order valence-corrected chi connectivity index (χ0v) is 13.4. The van der Waals surface area contributed by atoms with Gasteiger partial charge in [0.1, 0.15) is 4.88 Å². The number of hydrogen-bond acceptors (Lipinski definition) is 3. The molecule has 1 aromatic carbocycles. The maximum Gasteiger partial charge on any atom is 0.345 e. The highest BCUT2D eigenvalue weighted by Crippen LogP contribution is 2.33. The summed E-state index contributed by atoms with van der Waals surface area (Å²) < 4.78 is 0. The Morgan fingerprint density at radius 1 is 1.20 bits per heavy atom. The van der Waals surface area contributed by atoms with Crippen molar-refractivity contribution in [2.24, 2.45) is 0 Å². The molecule has 7 heteroatoms. The standard InChI is InChI=1S/C13H10Cl3NO2S/c1-6-7(2-12(20-6)13(18)19)5-17-11-4-9(15)8(14)3-10(11)16/h2-4,17H,5H2,1H3,(H,18,19). The van der Waals surface area contributed by atoms with E-state index in [9.17, 15) is 4.79 Å². The first-order valence-electron chi connectivity index (χ1n) is 5.59. The predicted octanol–water partition coefficient (Wildman–Crippen LogP) is 5.33. The number of benzene rings is 1. The summed E-state index contributed by atoms with van der Waals surface area (Å²) in [6.07, 6.45) is 0. The van der Waals surface area contributed by atoms with Gasteiger partial charge in [-0.1, -0.05) is 34.8 Å². The second kappa shape index (κ2) is 6.22. The van der Waals surface area contributed by atoms with Crippen LogP contribution in [0.3, 0.4) is 0 Å². The number of aryl methyl sites for hydroxylation is 1. The van der Waals surface area contributed by atoms with Crippen LogP contribution in [0.1, 0.15) is 20.1 Å². The Labute approximate surface area is 135 Å². The topological polar surface area (TPSA) is 49.3 Å². The molecule has 106 valence electrons. The van der Waals surface area contributed by atoms with E-state index in [2.05, 4.69) is 5.32 Å². The summed E-state index contributed by atoms with van der Waals surface area (Å²) in [5, 5.41) is 13.3. The summed E-state index contributed by atoms with van der Waals surface area (Å²) in [5.74, 6) is -0.920. The van der Waals surface area contributed by atoms with Crippen molar-refractivity contribution in [3.8, 4) is 0 Å². The summed E-state index contributed by atoms with van der Waals surface area (Å²) in [4.78, 5) is 12.2. The van der Waals surface area contributed by atoms with Crippen molar-refractivity contribution < 1.29 is 9.90 Å². The first-order chi connectivity index (χ1) is 9.38. The number of anilines is 1. The molecule has 2 rings (SSSR count). The molecule has 2 aromatic rings. The molecule has 0 bridgehead atoms. The summed E-state index contributed by atoms with van der Waals surface area (Å²) in [5.41, 5.74) is 1.57. The van der Waals surface area contributed by atoms with Crippen molar-refractivity contribution >= 4 is 57.8 Å². The first-order valence-corrected chi connectivity index (χ1v) is 7.54. The zero-order chi connectivity index (χ0) is 14.9. The summed E-state index contributed by atoms with van der Waals surface area (Å²) in [6, 6.07) is 4.86. The lowest BCUT2D eigenvalue weighted by Crippen LogP contribution is -2.00. The fraction of sp³-hybridized carbons (Fsp3) is 0.154. The highest BCUT2D eigenvalue weighted by atomic mass is 35.5. The third-order valence-corrected chi connectivity index (χ3v) is 4.83. The molecule has 0 amide bonds. The molecule has 3 nitrogen and oxygen atoms in total. The average molecular weight is 351 g/mol. The van der Waals surface area contributed by atoms with E-state index in [0.29, 0.717) is 32.2 Å². The fourth-order valence-corrected chi connectivity index (χ4v) is 3.14. The van der Waals surface area contributed by atoms with Crippen LogP contribution in [0.4, 0.5) is 5.69 Å². The Kier molecular flexibility index (Phi) is 4.81. The van der Waals surface area contributed by atoms with Crippen LogP contribution in [0.5, 0.6) is 0 Å². The van der Waals surface area contributed by atoms with Crippen molar-refractivity contribution in [3.63, 3.8) is 0 Å². The van der Waals surface area contributed by atoms with Crippen LogP contribution in [0.2, 0.25) is 15.1 Å². The molecule has 0 saturated heterocycles. The maximum atomic E-state index is 10.9. The Bertz CT molecular complexity index is 670. The average Bonchev–Trinajstić information content (AvgIpc) is 2.74. The van der Waals surface area contributed by atoms with Gasteiger partial charge in [0.25, 0.3) is 0 Å². The van der Waals surface area contributed by atoms with Crippen LogP contribution in [0.25, 0.3) is 0 Å². The molecule has 2 N–H and O–H groups in total. The lowest BCUT2D eigenvalue weighted by Gasteiger charge is -2.09. The van der Waals surface area contributed by atoms with E-state index in [0.717, 1.165) is 10.4 Å². The first kappa shape index (κ1) is 15.4. The molecular formula is C13H10Cl3NO2S. The quantitative estimate of drug-likeness (QED) is 0.733. The lowest BCUT2D eigenvalue weighted by atomic mass is 10.2. The van der Waals surface area contributed by atoms with Crippen molar-refractivity contribution in [2.75, 3.05) is 5.32 Å². The lowest BCUT2D eigenvalue weighted by molar-refractivity contribution is 0.0702. The minimum atomic E-state index is -0.920. The number of nitrogens with one attached hydrogen (secondary N) is 1. The second-order valence-electron chi connectivity index (χ2n) is 4.10. The molecule has 1 heterocycles. The number of thiophene rings is 1. The third kappa shape index (κ3) is 3.38. The summed E-state index contributed by atoms with van der Waals surface area (Å²) in [7, 11) is 0. The minimum absolute atomic E-state index is 0.319. The molecule has 0 aliphatic carbocycles. The van der Waals surface area contributed by atoms with E-state index < -0.39 is 5.97 Å². The van der Waals surface area contributed by atoms with Gasteiger partial charge in [0.05, 0.1) is 20.8 Å². The predicted molar refractivity (Wildman–Crippen MR) is 84.8 cm³/mol. The number of carboxylic acid groups (broad SMARTS) is 1. The molecule has 0 fully saturated rings. The van der Waals surface area contributed by atoms with Crippen LogP contribution in [-0.2, 0) is 6.54 Å². The Morgan fingerprint density at radius 2 is 1.85 bits per heavy atom. The highest BCUT2D eigenvalue weighted by molar-refractivity contribution is 7.14. The van der Waals surface area contributed by atoms with Gasteiger partial charge in [-0.15, -0.1) is 11.3 Å². The van der Waals surface area contributed by atoms with Gasteiger partial charge in [-0.3, -0.25) is 0 Å². The third-order valence-electron chi connectivity index (χ3n) is 2.71. The normalized spacial score (nSPS) is 10.6. The van der Waals surface area contributed by atoms with Crippen LogP contribution >= 0.6 is 46.1 Å². The number of halogens is 3. The van der Waals surface area contributed by atoms with Gasteiger partial charge in [0.15, 0.2) is 0 Å². The largest absolute Gasteiger partial charge is 0.477 e. The van der Waals surface area contributed by atoms with Gasteiger partial charge in [-0.05, 0) is 30.7 Å². The molecule has 1 aromatic heterocycles. The van der Waals surface area contributed by atoms with E-state index in [4.69, 9.17) is 39.9 Å². The molecule has 0 spiro atoms. The Balaban J connectivity index is 2.17. The van der Waals surface area contributed by atoms with Gasteiger partial charge >= 0.3 is 5.97 Å². The van der Waals surface area contributed by atoms with Crippen molar-refractivity contribution in [2.45, 2.75) is 13.5 Å². The van der Waals surface area contributed by atoms with Crippen LogP contribution in [-0.4, -0.2) is 11.1 Å². The van der Waals surface area contributed by atoms with E-state index in [1.54, 1.807) is 18.2 Å². The number of hydrogen-bond donors (Lipinski definition) is 2. The van der Waals surface area contributed by atoms with Gasteiger partial charge in [0.2, 0.25) is 0 Å².